The zero-order valence-electron chi connectivity index (χ0n) is 16.6. The van der Waals surface area contributed by atoms with Gasteiger partial charge in [0.05, 0.1) is 10.4 Å². The van der Waals surface area contributed by atoms with Crippen molar-refractivity contribution in [1.29, 1.82) is 0 Å². The molecule has 156 valence electrons. The molecule has 2 aromatic carbocycles. The van der Waals surface area contributed by atoms with Crippen LogP contribution in [0.2, 0.25) is 5.02 Å². The van der Waals surface area contributed by atoms with Crippen LogP contribution in [0.3, 0.4) is 0 Å². The summed E-state index contributed by atoms with van der Waals surface area (Å²) >= 11 is 6.79. The fourth-order valence-electron chi connectivity index (χ4n) is 3.94. The lowest BCUT2D eigenvalue weighted by Crippen LogP contribution is -2.31. The number of nitrogens with zero attached hydrogens (tertiary/aromatic N) is 5. The molecule has 5 rings (SSSR count). The summed E-state index contributed by atoms with van der Waals surface area (Å²) in [4.78, 5) is 14.6. The fourth-order valence-corrected chi connectivity index (χ4v) is 4.26. The van der Waals surface area contributed by atoms with Gasteiger partial charge in [0.2, 0.25) is 5.91 Å². The third-order valence-corrected chi connectivity index (χ3v) is 5.89. The first-order chi connectivity index (χ1) is 15.1. The standard InChI is InChI=1S/C23H19ClFN5O/c24-20-19-22(16-10-4-5-11-17(16)25)28-30(14-18(31)29-12-6-7-13-29)23(19)27-26-21(20)15-8-2-1-3-9-15/h1-5,8-11H,6-7,12-14H2. The maximum absolute atomic E-state index is 14.7. The Morgan fingerprint density at radius 2 is 1.68 bits per heavy atom. The fraction of sp³-hybridized carbons (Fsp3) is 0.217. The van der Waals surface area contributed by atoms with E-state index in [9.17, 15) is 9.18 Å². The highest BCUT2D eigenvalue weighted by atomic mass is 35.5. The molecule has 1 aliphatic rings. The molecule has 1 aliphatic heterocycles. The molecule has 31 heavy (non-hydrogen) atoms. The highest BCUT2D eigenvalue weighted by Crippen LogP contribution is 2.37. The van der Waals surface area contributed by atoms with Crippen LogP contribution in [0.1, 0.15) is 12.8 Å². The summed E-state index contributed by atoms with van der Waals surface area (Å²) in [6.07, 6.45) is 2.00. The van der Waals surface area contributed by atoms with Crippen molar-refractivity contribution in [3.63, 3.8) is 0 Å². The molecule has 1 fully saturated rings. The smallest absolute Gasteiger partial charge is 0.244 e. The van der Waals surface area contributed by atoms with Crippen molar-refractivity contribution in [3.05, 3.63) is 65.4 Å². The number of halogens is 2. The van der Waals surface area contributed by atoms with Gasteiger partial charge in [-0.3, -0.25) is 4.79 Å². The Morgan fingerprint density at radius 1 is 0.968 bits per heavy atom. The van der Waals surface area contributed by atoms with Gasteiger partial charge in [-0.15, -0.1) is 10.2 Å². The minimum absolute atomic E-state index is 0.000640. The van der Waals surface area contributed by atoms with Crippen molar-refractivity contribution in [2.24, 2.45) is 0 Å². The second kappa shape index (κ2) is 8.07. The Kier molecular flexibility index (Phi) is 5.11. The maximum Gasteiger partial charge on any atom is 0.244 e. The number of rotatable bonds is 4. The van der Waals surface area contributed by atoms with Crippen LogP contribution < -0.4 is 0 Å². The predicted molar refractivity (Wildman–Crippen MR) is 117 cm³/mol. The Morgan fingerprint density at radius 3 is 2.42 bits per heavy atom. The Bertz CT molecular complexity index is 1270. The van der Waals surface area contributed by atoms with Crippen LogP contribution in [0.4, 0.5) is 4.39 Å². The van der Waals surface area contributed by atoms with E-state index in [1.165, 1.54) is 10.7 Å². The van der Waals surface area contributed by atoms with E-state index in [1.807, 2.05) is 35.2 Å². The molecule has 0 radical (unpaired) electrons. The highest BCUT2D eigenvalue weighted by molar-refractivity contribution is 6.38. The van der Waals surface area contributed by atoms with Crippen LogP contribution >= 0.6 is 11.6 Å². The molecule has 1 amide bonds. The topological polar surface area (TPSA) is 63.9 Å². The number of aromatic nitrogens is 4. The van der Waals surface area contributed by atoms with Crippen molar-refractivity contribution in [2.45, 2.75) is 19.4 Å². The third kappa shape index (κ3) is 3.55. The molecule has 1 saturated heterocycles. The second-order valence-electron chi connectivity index (χ2n) is 7.50. The highest BCUT2D eigenvalue weighted by Gasteiger charge is 2.25. The van der Waals surface area contributed by atoms with Crippen LogP contribution in [-0.2, 0) is 11.3 Å². The molecule has 0 N–H and O–H groups in total. The van der Waals surface area contributed by atoms with Gasteiger partial charge in [-0.2, -0.15) is 5.10 Å². The average molecular weight is 436 g/mol. The molecule has 2 aromatic heterocycles. The van der Waals surface area contributed by atoms with Crippen molar-refractivity contribution >= 4 is 28.5 Å². The number of carbonyl (C=O) groups is 1. The van der Waals surface area contributed by atoms with Gasteiger partial charge in [0.15, 0.2) is 5.65 Å². The molecule has 0 spiro atoms. The number of fused-ring (bicyclic) bond motifs is 1. The molecule has 0 unspecified atom stereocenters. The van der Waals surface area contributed by atoms with E-state index in [0.717, 1.165) is 31.5 Å². The van der Waals surface area contributed by atoms with Crippen molar-refractivity contribution in [1.82, 2.24) is 24.9 Å². The normalized spacial score (nSPS) is 13.8. The summed E-state index contributed by atoms with van der Waals surface area (Å²) in [7, 11) is 0. The summed E-state index contributed by atoms with van der Waals surface area (Å²) in [5, 5.41) is 14.0. The monoisotopic (exact) mass is 435 g/mol. The lowest BCUT2D eigenvalue weighted by Gasteiger charge is -2.15. The quantitative estimate of drug-likeness (QED) is 0.471. The van der Waals surface area contributed by atoms with E-state index in [1.54, 1.807) is 18.2 Å². The lowest BCUT2D eigenvalue weighted by atomic mass is 10.1. The van der Waals surface area contributed by atoms with Gasteiger partial charge in [-0.25, -0.2) is 9.07 Å². The Hall–Kier alpha value is -3.32. The molecular formula is C23H19ClFN5O. The van der Waals surface area contributed by atoms with Crippen LogP contribution in [0, 0.1) is 5.82 Å². The number of hydrogen-bond donors (Lipinski definition) is 0. The van der Waals surface area contributed by atoms with Crippen LogP contribution in [0.15, 0.2) is 54.6 Å². The van der Waals surface area contributed by atoms with Crippen LogP contribution in [0.25, 0.3) is 33.5 Å². The number of hydrogen-bond acceptors (Lipinski definition) is 4. The lowest BCUT2D eigenvalue weighted by molar-refractivity contribution is -0.130. The first-order valence-corrected chi connectivity index (χ1v) is 10.5. The molecular weight excluding hydrogens is 417 g/mol. The van der Waals surface area contributed by atoms with E-state index in [2.05, 4.69) is 15.3 Å². The van der Waals surface area contributed by atoms with E-state index in [-0.39, 0.29) is 12.5 Å². The molecule has 4 aromatic rings. The van der Waals surface area contributed by atoms with Crippen molar-refractivity contribution in [2.75, 3.05) is 13.1 Å². The van der Waals surface area contributed by atoms with Gasteiger partial charge in [-0.05, 0) is 25.0 Å². The Balaban J connectivity index is 1.69. The van der Waals surface area contributed by atoms with E-state index in [0.29, 0.717) is 33.0 Å². The van der Waals surface area contributed by atoms with E-state index in [4.69, 9.17) is 11.6 Å². The molecule has 0 bridgehead atoms. The number of benzene rings is 2. The van der Waals surface area contributed by atoms with Gasteiger partial charge < -0.3 is 4.90 Å². The summed E-state index contributed by atoms with van der Waals surface area (Å²) in [5.74, 6) is -0.471. The minimum Gasteiger partial charge on any atom is -0.341 e. The zero-order valence-corrected chi connectivity index (χ0v) is 17.4. The molecule has 6 nitrogen and oxygen atoms in total. The third-order valence-electron chi connectivity index (χ3n) is 5.52. The molecule has 8 heteroatoms. The van der Waals surface area contributed by atoms with Gasteiger partial charge in [0.1, 0.15) is 23.7 Å². The largest absolute Gasteiger partial charge is 0.341 e. The van der Waals surface area contributed by atoms with Crippen molar-refractivity contribution in [3.8, 4) is 22.5 Å². The van der Waals surface area contributed by atoms with Crippen LogP contribution in [0.5, 0.6) is 0 Å². The van der Waals surface area contributed by atoms with Gasteiger partial charge in [0, 0.05) is 24.2 Å². The summed E-state index contributed by atoms with van der Waals surface area (Å²) < 4.78 is 16.1. The van der Waals surface area contributed by atoms with Crippen molar-refractivity contribution < 1.29 is 9.18 Å². The maximum atomic E-state index is 14.7. The number of likely N-dealkylation sites (tertiary alicyclic amines) is 1. The molecule has 0 atom stereocenters. The Labute approximate surface area is 183 Å². The SMILES string of the molecule is O=C(Cn1nc(-c2ccccc2F)c2c(Cl)c(-c3ccccc3)nnc21)N1CCCC1. The van der Waals surface area contributed by atoms with Crippen LogP contribution in [-0.4, -0.2) is 43.9 Å². The van der Waals surface area contributed by atoms with Gasteiger partial charge >= 0.3 is 0 Å². The molecule has 0 saturated carbocycles. The van der Waals surface area contributed by atoms with Gasteiger partial charge in [-0.1, -0.05) is 54.1 Å². The predicted octanol–water partition coefficient (Wildman–Crippen LogP) is 4.58. The first-order valence-electron chi connectivity index (χ1n) is 10.1. The minimum atomic E-state index is -0.422. The molecule has 0 aliphatic carbocycles. The van der Waals surface area contributed by atoms with E-state index < -0.39 is 5.82 Å². The number of carbonyl (C=O) groups excluding carboxylic acids is 1. The summed E-state index contributed by atoms with van der Waals surface area (Å²) in [6.45, 7) is 1.48. The summed E-state index contributed by atoms with van der Waals surface area (Å²) in [5.41, 5.74) is 2.28. The summed E-state index contributed by atoms with van der Waals surface area (Å²) in [6, 6.07) is 15.8. The zero-order chi connectivity index (χ0) is 21.4. The number of amides is 1. The average Bonchev–Trinajstić information content (AvgIpc) is 3.44. The second-order valence-corrected chi connectivity index (χ2v) is 7.88. The first kappa shape index (κ1) is 19.6. The van der Waals surface area contributed by atoms with E-state index >= 15 is 0 Å². The molecule has 3 heterocycles. The van der Waals surface area contributed by atoms with Gasteiger partial charge in [0.25, 0.3) is 0 Å².